The molecule has 1 fully saturated rings. The molecular weight excluding hydrogens is 487 g/mol. The van der Waals surface area contributed by atoms with E-state index < -0.39 is 10.0 Å². The molecule has 9 heteroatoms. The average molecular weight is 515 g/mol. The first kappa shape index (κ1) is 23.5. The molecule has 1 aromatic carbocycles. The second-order valence-corrected chi connectivity index (χ2v) is 8.79. The van der Waals surface area contributed by atoms with Crippen molar-refractivity contribution in [1.82, 2.24) is 14.9 Å². The van der Waals surface area contributed by atoms with E-state index in [2.05, 4.69) is 15.0 Å². The third-order valence-corrected chi connectivity index (χ3v) is 5.94. The van der Waals surface area contributed by atoms with Crippen molar-refractivity contribution in [2.45, 2.75) is 25.8 Å². The zero-order valence-electron chi connectivity index (χ0n) is 15.2. The molecular formula is C17H28ClIN4O2S. The molecule has 0 saturated heterocycles. The van der Waals surface area contributed by atoms with Gasteiger partial charge in [0.05, 0.1) is 5.75 Å². The van der Waals surface area contributed by atoms with Gasteiger partial charge in [0.25, 0.3) is 0 Å². The van der Waals surface area contributed by atoms with Gasteiger partial charge in [0.15, 0.2) is 5.96 Å². The Bertz CT molecular complexity index is 696. The maximum Gasteiger partial charge on any atom is 0.213 e. The maximum absolute atomic E-state index is 12.0. The number of hydrogen-bond donors (Lipinski definition) is 2. The number of sulfonamides is 1. The largest absolute Gasteiger partial charge is 0.355 e. The fourth-order valence-corrected chi connectivity index (χ4v) is 3.90. The zero-order valence-corrected chi connectivity index (χ0v) is 19.1. The molecule has 1 aliphatic carbocycles. The van der Waals surface area contributed by atoms with Gasteiger partial charge in [-0.25, -0.2) is 13.1 Å². The predicted octanol–water partition coefficient (Wildman–Crippen LogP) is 2.68. The topological polar surface area (TPSA) is 73.8 Å². The molecule has 2 N–H and O–H groups in total. The SMILES string of the molecule is CN=C(NCCS(=O)(=O)NCC1CCC1)N(C)Cc1cccc(Cl)c1.I. The number of halogens is 2. The van der Waals surface area contributed by atoms with Crippen LogP contribution in [-0.2, 0) is 16.6 Å². The Kier molecular flexibility index (Phi) is 10.2. The highest BCUT2D eigenvalue weighted by Gasteiger charge is 2.20. The molecule has 1 aromatic rings. The third-order valence-electron chi connectivity index (χ3n) is 4.35. The number of hydrogen-bond acceptors (Lipinski definition) is 3. The van der Waals surface area contributed by atoms with Gasteiger partial charge in [-0.15, -0.1) is 24.0 Å². The first-order chi connectivity index (χ1) is 11.9. The van der Waals surface area contributed by atoms with E-state index in [1.54, 1.807) is 7.05 Å². The Morgan fingerprint density at radius 2 is 2.12 bits per heavy atom. The second-order valence-electron chi connectivity index (χ2n) is 6.42. The molecule has 0 unspecified atom stereocenters. The van der Waals surface area contributed by atoms with Crippen molar-refractivity contribution in [3.05, 3.63) is 34.9 Å². The molecule has 0 aliphatic heterocycles. The smallest absolute Gasteiger partial charge is 0.213 e. The van der Waals surface area contributed by atoms with Gasteiger partial charge in [-0.2, -0.15) is 0 Å². The lowest BCUT2D eigenvalue weighted by atomic mass is 9.86. The summed E-state index contributed by atoms with van der Waals surface area (Å²) in [5.41, 5.74) is 1.06. The van der Waals surface area contributed by atoms with Gasteiger partial charge in [-0.1, -0.05) is 30.2 Å². The molecule has 148 valence electrons. The Morgan fingerprint density at radius 3 is 2.69 bits per heavy atom. The summed E-state index contributed by atoms with van der Waals surface area (Å²) >= 11 is 6.00. The number of nitrogens with one attached hydrogen (secondary N) is 2. The van der Waals surface area contributed by atoms with Crippen LogP contribution in [-0.4, -0.2) is 52.2 Å². The van der Waals surface area contributed by atoms with Crippen molar-refractivity contribution in [1.29, 1.82) is 0 Å². The van der Waals surface area contributed by atoms with Crippen molar-refractivity contribution in [2.75, 3.05) is 32.9 Å². The molecule has 2 rings (SSSR count). The van der Waals surface area contributed by atoms with Crippen LogP contribution in [0.2, 0.25) is 5.02 Å². The number of guanidine groups is 1. The average Bonchev–Trinajstić information content (AvgIpc) is 2.49. The Balaban J connectivity index is 0.00000338. The van der Waals surface area contributed by atoms with Crippen molar-refractivity contribution in [3.8, 4) is 0 Å². The molecule has 0 amide bonds. The van der Waals surface area contributed by atoms with Crippen molar-refractivity contribution >= 4 is 51.6 Å². The van der Waals surface area contributed by atoms with E-state index in [9.17, 15) is 8.42 Å². The predicted molar refractivity (Wildman–Crippen MR) is 119 cm³/mol. The molecule has 0 heterocycles. The normalized spacial score (nSPS) is 15.1. The van der Waals surface area contributed by atoms with Gasteiger partial charge >= 0.3 is 0 Å². The molecule has 1 aliphatic rings. The summed E-state index contributed by atoms with van der Waals surface area (Å²) in [6.45, 7) is 1.51. The molecule has 0 aromatic heterocycles. The summed E-state index contributed by atoms with van der Waals surface area (Å²) in [4.78, 5) is 6.14. The van der Waals surface area contributed by atoms with Crippen LogP contribution in [0.15, 0.2) is 29.3 Å². The highest BCUT2D eigenvalue weighted by molar-refractivity contribution is 14.0. The summed E-state index contributed by atoms with van der Waals surface area (Å²) in [5.74, 6) is 1.19. The molecule has 0 radical (unpaired) electrons. The van der Waals surface area contributed by atoms with Crippen molar-refractivity contribution in [3.63, 3.8) is 0 Å². The van der Waals surface area contributed by atoms with E-state index >= 15 is 0 Å². The van der Waals surface area contributed by atoms with E-state index in [0.717, 1.165) is 18.4 Å². The van der Waals surface area contributed by atoms with Gasteiger partial charge in [0, 0.05) is 38.8 Å². The standard InChI is InChI=1S/C17H27ClN4O2S.HI/c1-19-17(22(2)13-15-7-4-8-16(18)11-15)20-9-10-25(23,24)21-12-14-5-3-6-14;/h4,7-8,11,14,21H,3,5-6,9-10,12-13H2,1-2H3,(H,19,20);1H. The van der Waals surface area contributed by atoms with Crippen molar-refractivity contribution in [2.24, 2.45) is 10.9 Å². The highest BCUT2D eigenvalue weighted by atomic mass is 127. The van der Waals surface area contributed by atoms with Crippen LogP contribution in [0.1, 0.15) is 24.8 Å². The minimum absolute atomic E-state index is 0. The number of nitrogens with zero attached hydrogens (tertiary/aromatic N) is 2. The fourth-order valence-electron chi connectivity index (χ4n) is 2.68. The van der Waals surface area contributed by atoms with Crippen LogP contribution >= 0.6 is 35.6 Å². The lowest BCUT2D eigenvalue weighted by Crippen LogP contribution is -2.42. The minimum Gasteiger partial charge on any atom is -0.355 e. The maximum atomic E-state index is 12.0. The monoisotopic (exact) mass is 514 g/mol. The molecule has 26 heavy (non-hydrogen) atoms. The summed E-state index contributed by atoms with van der Waals surface area (Å²) in [5, 5.41) is 3.79. The molecule has 6 nitrogen and oxygen atoms in total. The molecule has 0 spiro atoms. The molecule has 0 bridgehead atoms. The fraction of sp³-hybridized carbons (Fsp3) is 0.588. The van der Waals surface area contributed by atoms with Crippen LogP contribution in [0, 0.1) is 5.92 Å². The third kappa shape index (κ3) is 7.98. The lowest BCUT2D eigenvalue weighted by molar-refractivity contribution is 0.316. The van der Waals surface area contributed by atoms with E-state index in [-0.39, 0.29) is 29.7 Å². The minimum atomic E-state index is -3.25. The highest BCUT2D eigenvalue weighted by Crippen LogP contribution is 2.25. The lowest BCUT2D eigenvalue weighted by Gasteiger charge is -2.25. The first-order valence-corrected chi connectivity index (χ1v) is 10.6. The summed E-state index contributed by atoms with van der Waals surface area (Å²) in [7, 11) is 0.333. The van der Waals surface area contributed by atoms with Gasteiger partial charge in [-0.05, 0) is 36.5 Å². The second kappa shape index (κ2) is 11.3. The molecule has 0 atom stereocenters. The zero-order chi connectivity index (χ0) is 18.3. The van der Waals surface area contributed by atoms with Gasteiger partial charge in [-0.3, -0.25) is 4.99 Å². The van der Waals surface area contributed by atoms with E-state index in [0.29, 0.717) is 36.5 Å². The number of aliphatic imine (C=N–C) groups is 1. The van der Waals surface area contributed by atoms with Crippen LogP contribution in [0.3, 0.4) is 0 Å². The summed E-state index contributed by atoms with van der Waals surface area (Å²) in [6.07, 6.45) is 3.46. The quantitative estimate of drug-likeness (QED) is 0.318. The molecule has 1 saturated carbocycles. The van der Waals surface area contributed by atoms with Crippen LogP contribution in [0.5, 0.6) is 0 Å². The van der Waals surface area contributed by atoms with Crippen molar-refractivity contribution < 1.29 is 8.42 Å². The van der Waals surface area contributed by atoms with Gasteiger partial charge < -0.3 is 10.2 Å². The van der Waals surface area contributed by atoms with E-state index in [1.807, 2.05) is 36.2 Å². The van der Waals surface area contributed by atoms with Crippen LogP contribution < -0.4 is 10.0 Å². The first-order valence-electron chi connectivity index (χ1n) is 8.53. The van der Waals surface area contributed by atoms with E-state index in [4.69, 9.17) is 11.6 Å². The number of benzene rings is 1. The number of rotatable bonds is 8. The van der Waals surface area contributed by atoms with Crippen LogP contribution in [0.4, 0.5) is 0 Å². The van der Waals surface area contributed by atoms with Gasteiger partial charge in [0.2, 0.25) is 10.0 Å². The summed E-state index contributed by atoms with van der Waals surface area (Å²) in [6, 6.07) is 7.63. The Morgan fingerprint density at radius 1 is 1.38 bits per heavy atom. The Labute approximate surface area is 178 Å². The van der Waals surface area contributed by atoms with Crippen LogP contribution in [0.25, 0.3) is 0 Å². The summed E-state index contributed by atoms with van der Waals surface area (Å²) < 4.78 is 26.7. The van der Waals surface area contributed by atoms with E-state index in [1.165, 1.54) is 6.42 Å². The Hall–Kier alpha value is -0.580. The van der Waals surface area contributed by atoms with Gasteiger partial charge in [0.1, 0.15) is 0 Å².